The van der Waals surface area contributed by atoms with E-state index in [0.717, 1.165) is 15.7 Å². The molecular formula is C13H12BrN3O. The number of hydrogen-bond acceptors (Lipinski definition) is 2. The molecular weight excluding hydrogens is 294 g/mol. The zero-order chi connectivity index (χ0) is 12.8. The number of amides is 1. The van der Waals surface area contributed by atoms with Crippen molar-refractivity contribution < 1.29 is 4.79 Å². The van der Waals surface area contributed by atoms with Gasteiger partial charge in [-0.15, -0.1) is 0 Å². The van der Waals surface area contributed by atoms with Gasteiger partial charge in [0.15, 0.2) is 0 Å². The van der Waals surface area contributed by atoms with Crippen LogP contribution in [0.25, 0.3) is 6.08 Å². The van der Waals surface area contributed by atoms with Gasteiger partial charge in [0, 0.05) is 16.7 Å². The molecule has 0 unspecified atom stereocenters. The van der Waals surface area contributed by atoms with E-state index < -0.39 is 0 Å². The fourth-order valence-corrected chi connectivity index (χ4v) is 1.63. The lowest BCUT2D eigenvalue weighted by Crippen LogP contribution is -2.20. The number of imidazole rings is 1. The van der Waals surface area contributed by atoms with Crippen molar-refractivity contribution in [2.24, 2.45) is 0 Å². The Morgan fingerprint density at radius 2 is 2.17 bits per heavy atom. The van der Waals surface area contributed by atoms with Gasteiger partial charge in [-0.25, -0.2) is 4.98 Å². The highest BCUT2D eigenvalue weighted by atomic mass is 79.9. The molecule has 4 nitrogen and oxygen atoms in total. The fraction of sp³-hybridized carbons (Fsp3) is 0.0769. The highest BCUT2D eigenvalue weighted by Crippen LogP contribution is 2.11. The third kappa shape index (κ3) is 3.85. The van der Waals surface area contributed by atoms with Crippen LogP contribution in [0.2, 0.25) is 0 Å². The molecule has 0 bridgehead atoms. The number of benzene rings is 1. The molecule has 0 saturated carbocycles. The minimum Gasteiger partial charge on any atom is -0.347 e. The lowest BCUT2D eigenvalue weighted by atomic mass is 10.2. The Bertz CT molecular complexity index is 532. The summed E-state index contributed by atoms with van der Waals surface area (Å²) < 4.78 is 1.02. The number of aromatic amines is 1. The maximum Gasteiger partial charge on any atom is 0.244 e. The average molecular weight is 306 g/mol. The number of nitrogens with one attached hydrogen (secondary N) is 2. The molecule has 18 heavy (non-hydrogen) atoms. The quantitative estimate of drug-likeness (QED) is 0.853. The van der Waals surface area contributed by atoms with E-state index in [9.17, 15) is 4.79 Å². The molecule has 2 rings (SSSR count). The summed E-state index contributed by atoms with van der Waals surface area (Å²) in [5.41, 5.74) is 1.86. The molecule has 1 aromatic carbocycles. The van der Waals surface area contributed by atoms with Gasteiger partial charge in [0.25, 0.3) is 0 Å². The fourth-order valence-electron chi connectivity index (χ4n) is 1.37. The van der Waals surface area contributed by atoms with Crippen LogP contribution in [0.1, 0.15) is 11.3 Å². The Labute approximate surface area is 113 Å². The van der Waals surface area contributed by atoms with Gasteiger partial charge < -0.3 is 10.3 Å². The lowest BCUT2D eigenvalue weighted by molar-refractivity contribution is -0.116. The Hall–Kier alpha value is -1.88. The second-order valence-electron chi connectivity index (χ2n) is 3.68. The number of nitrogens with zero attached hydrogens (tertiary/aromatic N) is 1. The van der Waals surface area contributed by atoms with Gasteiger partial charge in [0.05, 0.1) is 18.6 Å². The lowest BCUT2D eigenvalue weighted by Gasteiger charge is -1.99. The molecule has 92 valence electrons. The van der Waals surface area contributed by atoms with Crippen LogP contribution in [-0.2, 0) is 11.3 Å². The van der Waals surface area contributed by atoms with Crippen molar-refractivity contribution in [1.29, 1.82) is 0 Å². The van der Waals surface area contributed by atoms with Crippen molar-refractivity contribution in [3.63, 3.8) is 0 Å². The van der Waals surface area contributed by atoms with E-state index in [1.807, 2.05) is 24.3 Å². The van der Waals surface area contributed by atoms with Crippen LogP contribution >= 0.6 is 15.9 Å². The summed E-state index contributed by atoms with van der Waals surface area (Å²) in [5, 5.41) is 2.76. The predicted molar refractivity (Wildman–Crippen MR) is 73.6 cm³/mol. The van der Waals surface area contributed by atoms with E-state index in [1.165, 1.54) is 6.08 Å². The summed E-state index contributed by atoms with van der Waals surface area (Å²) >= 11 is 3.36. The number of aromatic nitrogens is 2. The predicted octanol–water partition coefficient (Wildman–Crippen LogP) is 2.50. The molecule has 0 aliphatic carbocycles. The van der Waals surface area contributed by atoms with Crippen molar-refractivity contribution in [2.75, 3.05) is 0 Å². The number of H-pyrrole nitrogens is 1. The largest absolute Gasteiger partial charge is 0.347 e. The summed E-state index contributed by atoms with van der Waals surface area (Å²) in [6.45, 7) is 0.448. The van der Waals surface area contributed by atoms with Crippen LogP contribution < -0.4 is 5.32 Å². The van der Waals surface area contributed by atoms with E-state index >= 15 is 0 Å². The maximum absolute atomic E-state index is 11.5. The molecule has 0 atom stereocenters. The van der Waals surface area contributed by atoms with Crippen LogP contribution in [0.3, 0.4) is 0 Å². The Kier molecular flexibility index (Phi) is 4.30. The van der Waals surface area contributed by atoms with Crippen molar-refractivity contribution in [1.82, 2.24) is 15.3 Å². The summed E-state index contributed by atoms with van der Waals surface area (Å²) in [6.07, 6.45) is 6.55. The van der Waals surface area contributed by atoms with Crippen LogP contribution in [-0.4, -0.2) is 15.9 Å². The number of carbonyl (C=O) groups excluding carboxylic acids is 1. The zero-order valence-electron chi connectivity index (χ0n) is 9.56. The molecule has 2 aromatic rings. The van der Waals surface area contributed by atoms with Crippen LogP contribution in [0.5, 0.6) is 0 Å². The highest BCUT2D eigenvalue weighted by molar-refractivity contribution is 9.10. The third-order valence-electron chi connectivity index (χ3n) is 2.31. The minimum absolute atomic E-state index is 0.132. The van der Waals surface area contributed by atoms with Gasteiger partial charge in [-0.1, -0.05) is 28.1 Å². The van der Waals surface area contributed by atoms with Gasteiger partial charge in [-0.05, 0) is 23.8 Å². The highest BCUT2D eigenvalue weighted by Gasteiger charge is 1.97. The van der Waals surface area contributed by atoms with Crippen LogP contribution in [0.4, 0.5) is 0 Å². The second kappa shape index (κ2) is 6.16. The van der Waals surface area contributed by atoms with Crippen LogP contribution in [0, 0.1) is 0 Å². The molecule has 0 aliphatic heterocycles. The summed E-state index contributed by atoms with van der Waals surface area (Å²) in [4.78, 5) is 18.3. The molecule has 0 fully saturated rings. The van der Waals surface area contributed by atoms with Gasteiger partial charge in [0.1, 0.15) is 0 Å². The molecule has 1 heterocycles. The normalized spacial score (nSPS) is 10.7. The first-order valence-corrected chi connectivity index (χ1v) is 6.22. The van der Waals surface area contributed by atoms with E-state index in [0.29, 0.717) is 6.54 Å². The molecule has 0 saturated heterocycles. The monoisotopic (exact) mass is 305 g/mol. The number of hydrogen-bond donors (Lipinski definition) is 2. The number of rotatable bonds is 4. The molecule has 1 amide bonds. The Balaban J connectivity index is 1.85. The molecule has 2 N–H and O–H groups in total. The summed E-state index contributed by atoms with van der Waals surface area (Å²) in [5.74, 6) is -0.132. The zero-order valence-corrected chi connectivity index (χ0v) is 11.1. The number of carbonyl (C=O) groups is 1. The minimum atomic E-state index is -0.132. The van der Waals surface area contributed by atoms with Gasteiger partial charge in [-0.3, -0.25) is 4.79 Å². The van der Waals surface area contributed by atoms with Gasteiger partial charge in [-0.2, -0.15) is 0 Å². The van der Waals surface area contributed by atoms with E-state index in [2.05, 4.69) is 31.2 Å². The first kappa shape index (κ1) is 12.6. The van der Waals surface area contributed by atoms with Crippen LogP contribution in [0.15, 0.2) is 47.3 Å². The second-order valence-corrected chi connectivity index (χ2v) is 4.60. The topological polar surface area (TPSA) is 57.8 Å². The first-order valence-electron chi connectivity index (χ1n) is 5.43. The third-order valence-corrected chi connectivity index (χ3v) is 2.83. The van der Waals surface area contributed by atoms with E-state index in [-0.39, 0.29) is 5.91 Å². The first-order chi connectivity index (χ1) is 8.74. The molecule has 0 aliphatic rings. The summed E-state index contributed by atoms with van der Waals surface area (Å²) in [6, 6.07) is 7.73. The van der Waals surface area contributed by atoms with Gasteiger partial charge in [0.2, 0.25) is 5.91 Å². The van der Waals surface area contributed by atoms with Gasteiger partial charge >= 0.3 is 0 Å². The summed E-state index contributed by atoms with van der Waals surface area (Å²) in [7, 11) is 0. The molecule has 0 radical (unpaired) electrons. The number of halogens is 1. The SMILES string of the molecule is O=C(C=Cc1ccc(Br)cc1)NCc1cnc[nH]1. The van der Waals surface area contributed by atoms with Crippen molar-refractivity contribution in [3.8, 4) is 0 Å². The standard InChI is InChI=1S/C13H12BrN3O/c14-11-4-1-10(2-5-11)3-6-13(18)16-8-12-7-15-9-17-12/h1-7,9H,8H2,(H,15,17)(H,16,18). The van der Waals surface area contributed by atoms with Crippen molar-refractivity contribution in [2.45, 2.75) is 6.54 Å². The van der Waals surface area contributed by atoms with Crippen molar-refractivity contribution >= 4 is 27.9 Å². The molecule has 1 aromatic heterocycles. The van der Waals surface area contributed by atoms with E-state index in [4.69, 9.17) is 0 Å². The average Bonchev–Trinajstić information content (AvgIpc) is 2.89. The van der Waals surface area contributed by atoms with E-state index in [1.54, 1.807) is 18.6 Å². The Morgan fingerprint density at radius 1 is 1.39 bits per heavy atom. The smallest absolute Gasteiger partial charge is 0.244 e. The maximum atomic E-state index is 11.5. The Morgan fingerprint density at radius 3 is 2.83 bits per heavy atom. The van der Waals surface area contributed by atoms with Crippen molar-refractivity contribution in [3.05, 3.63) is 58.6 Å². The molecule has 5 heteroatoms. The molecule has 0 spiro atoms.